The summed E-state index contributed by atoms with van der Waals surface area (Å²) in [6.07, 6.45) is 0.408. The molecule has 0 aromatic heterocycles. The summed E-state index contributed by atoms with van der Waals surface area (Å²) in [6.45, 7) is 4.69. The summed E-state index contributed by atoms with van der Waals surface area (Å²) in [7, 11) is 1.87. The van der Waals surface area contributed by atoms with Gasteiger partial charge in [0.25, 0.3) is 0 Å². The lowest BCUT2D eigenvalue weighted by Gasteiger charge is -2.19. The van der Waals surface area contributed by atoms with Crippen LogP contribution in [-0.2, 0) is 6.42 Å². The van der Waals surface area contributed by atoms with Gasteiger partial charge in [0.05, 0.1) is 5.84 Å². The average Bonchev–Trinajstić information content (AvgIpc) is 2.50. The van der Waals surface area contributed by atoms with Gasteiger partial charge in [0.2, 0.25) is 0 Å². The van der Waals surface area contributed by atoms with E-state index in [0.717, 1.165) is 28.8 Å². The van der Waals surface area contributed by atoms with E-state index >= 15 is 0 Å². The molecule has 0 unspecified atom stereocenters. The molecule has 116 valence electrons. The normalized spacial score (nSPS) is 10.6. The van der Waals surface area contributed by atoms with Gasteiger partial charge >= 0.3 is 0 Å². The number of nitrogens with one attached hydrogen (secondary N) is 1. The fourth-order valence-corrected chi connectivity index (χ4v) is 2.62. The minimum Gasteiger partial charge on any atom is -0.364 e. The molecule has 2 aromatic carbocycles. The first-order chi connectivity index (χ1) is 10.4. The van der Waals surface area contributed by atoms with Crippen LogP contribution in [0.25, 0.3) is 11.1 Å². The molecule has 0 aliphatic rings. The largest absolute Gasteiger partial charge is 0.364 e. The van der Waals surface area contributed by atoms with Gasteiger partial charge in [0.1, 0.15) is 5.82 Å². The molecule has 4 heteroatoms. The van der Waals surface area contributed by atoms with Crippen molar-refractivity contribution in [3.05, 3.63) is 58.4 Å². The van der Waals surface area contributed by atoms with Crippen molar-refractivity contribution in [3.8, 4) is 11.1 Å². The quantitative estimate of drug-likeness (QED) is 0.628. The maximum atomic E-state index is 14.0. The zero-order valence-electron chi connectivity index (χ0n) is 13.1. The Hall–Kier alpha value is -1.87. The van der Waals surface area contributed by atoms with Gasteiger partial charge in [-0.05, 0) is 48.7 Å². The molecule has 0 radical (unpaired) electrons. The minimum absolute atomic E-state index is 0.303. The Labute approximate surface area is 136 Å². The second kappa shape index (κ2) is 6.93. The Morgan fingerprint density at radius 2 is 1.91 bits per heavy atom. The van der Waals surface area contributed by atoms with Crippen molar-refractivity contribution in [2.75, 3.05) is 13.6 Å². The number of nitrogens with zero attached hydrogens (tertiary/aromatic N) is 1. The lowest BCUT2D eigenvalue weighted by molar-refractivity contribution is 0.522. The van der Waals surface area contributed by atoms with Gasteiger partial charge in [0, 0.05) is 30.6 Å². The molecule has 0 amide bonds. The molecule has 2 aromatic rings. The molecular formula is C18H20ClFN2. The molecule has 0 saturated carbocycles. The summed E-state index contributed by atoms with van der Waals surface area (Å²) in [4.78, 5) is 1.85. The summed E-state index contributed by atoms with van der Waals surface area (Å²) < 4.78 is 14.0. The van der Waals surface area contributed by atoms with Gasteiger partial charge in [-0.15, -0.1) is 0 Å². The second-order valence-electron chi connectivity index (χ2n) is 5.35. The highest BCUT2D eigenvalue weighted by Gasteiger charge is 2.14. The molecule has 2 nitrogen and oxygen atoms in total. The fraction of sp³-hybridized carbons (Fsp3) is 0.278. The van der Waals surface area contributed by atoms with Crippen molar-refractivity contribution >= 4 is 17.4 Å². The molecule has 1 N–H and O–H groups in total. The van der Waals surface area contributed by atoms with Crippen LogP contribution in [0.5, 0.6) is 0 Å². The van der Waals surface area contributed by atoms with Crippen LogP contribution in [-0.4, -0.2) is 24.3 Å². The molecule has 0 heterocycles. The Balaban J connectivity index is 2.46. The van der Waals surface area contributed by atoms with E-state index in [9.17, 15) is 4.39 Å². The third kappa shape index (κ3) is 3.47. The van der Waals surface area contributed by atoms with E-state index in [1.54, 1.807) is 6.07 Å². The van der Waals surface area contributed by atoms with Crippen LogP contribution in [0.1, 0.15) is 18.1 Å². The number of benzene rings is 2. The highest BCUT2D eigenvalue weighted by atomic mass is 35.5. The van der Waals surface area contributed by atoms with Gasteiger partial charge in [-0.3, -0.25) is 5.41 Å². The zero-order valence-corrected chi connectivity index (χ0v) is 13.8. The van der Waals surface area contributed by atoms with Crippen LogP contribution in [0.3, 0.4) is 0 Å². The first-order valence-corrected chi connectivity index (χ1v) is 7.64. The molecule has 0 fully saturated rings. The molecule has 0 spiro atoms. The predicted octanol–water partition coefficient (Wildman–Crippen LogP) is 4.93. The van der Waals surface area contributed by atoms with Crippen LogP contribution in [0.15, 0.2) is 36.4 Å². The number of hydrogen-bond acceptors (Lipinski definition) is 1. The predicted molar refractivity (Wildman–Crippen MR) is 91.3 cm³/mol. The van der Waals surface area contributed by atoms with E-state index in [-0.39, 0.29) is 5.82 Å². The van der Waals surface area contributed by atoms with Crippen LogP contribution in [0.4, 0.5) is 4.39 Å². The van der Waals surface area contributed by atoms with Gasteiger partial charge in [0.15, 0.2) is 0 Å². The fourth-order valence-electron chi connectivity index (χ4n) is 2.38. The summed E-state index contributed by atoms with van der Waals surface area (Å²) in [5, 5.41) is 8.69. The summed E-state index contributed by atoms with van der Waals surface area (Å²) in [5.41, 5.74) is 3.38. The van der Waals surface area contributed by atoms with Crippen molar-refractivity contribution in [1.82, 2.24) is 4.90 Å². The summed E-state index contributed by atoms with van der Waals surface area (Å²) >= 11 is 6.24. The lowest BCUT2D eigenvalue weighted by Crippen LogP contribution is -2.27. The monoisotopic (exact) mass is 318 g/mol. The van der Waals surface area contributed by atoms with Crippen molar-refractivity contribution in [2.45, 2.75) is 20.3 Å². The summed E-state index contributed by atoms with van der Waals surface area (Å²) in [5.74, 6) is 0.170. The standard InChI is InChI=1S/C18H20ClFN2/c1-4-22(3)18(21)10-13-9-14(20)11-16(12(13)2)15-7-5-6-8-17(15)19/h5-9,11,21H,4,10H2,1-3H3. The third-order valence-corrected chi connectivity index (χ3v) is 4.27. The van der Waals surface area contributed by atoms with E-state index < -0.39 is 0 Å². The number of halogens is 2. The second-order valence-corrected chi connectivity index (χ2v) is 5.76. The van der Waals surface area contributed by atoms with E-state index in [1.165, 1.54) is 12.1 Å². The maximum absolute atomic E-state index is 14.0. The zero-order chi connectivity index (χ0) is 16.3. The van der Waals surface area contributed by atoms with Gasteiger partial charge in [-0.25, -0.2) is 4.39 Å². The smallest absolute Gasteiger partial charge is 0.124 e. The Morgan fingerprint density at radius 1 is 1.23 bits per heavy atom. The van der Waals surface area contributed by atoms with E-state index in [0.29, 0.717) is 17.3 Å². The maximum Gasteiger partial charge on any atom is 0.124 e. The van der Waals surface area contributed by atoms with Crippen molar-refractivity contribution in [1.29, 1.82) is 5.41 Å². The van der Waals surface area contributed by atoms with Crippen LogP contribution >= 0.6 is 11.6 Å². The molecule has 2 rings (SSSR count). The SMILES string of the molecule is CCN(C)C(=N)Cc1cc(F)cc(-c2ccccc2Cl)c1C. The Morgan fingerprint density at radius 3 is 2.55 bits per heavy atom. The highest BCUT2D eigenvalue weighted by Crippen LogP contribution is 2.32. The van der Waals surface area contributed by atoms with Crippen LogP contribution < -0.4 is 0 Å². The lowest BCUT2D eigenvalue weighted by atomic mass is 9.94. The first-order valence-electron chi connectivity index (χ1n) is 7.26. The third-order valence-electron chi connectivity index (χ3n) is 3.94. The number of amidine groups is 1. The number of likely N-dealkylation sites (N-methyl/N-ethyl adjacent to an activating group) is 1. The van der Waals surface area contributed by atoms with Gasteiger partial charge in [-0.2, -0.15) is 0 Å². The van der Waals surface area contributed by atoms with E-state index in [1.807, 2.05) is 44.0 Å². The molecule has 0 aliphatic carbocycles. The highest BCUT2D eigenvalue weighted by molar-refractivity contribution is 6.33. The van der Waals surface area contributed by atoms with Gasteiger partial charge < -0.3 is 4.90 Å². The Bertz CT molecular complexity index is 697. The topological polar surface area (TPSA) is 27.1 Å². The van der Waals surface area contributed by atoms with E-state index in [2.05, 4.69) is 0 Å². The van der Waals surface area contributed by atoms with Gasteiger partial charge in [-0.1, -0.05) is 29.8 Å². The van der Waals surface area contributed by atoms with Crippen LogP contribution in [0.2, 0.25) is 5.02 Å². The molecule has 0 atom stereocenters. The van der Waals surface area contributed by atoms with Crippen LogP contribution in [0, 0.1) is 18.2 Å². The van der Waals surface area contributed by atoms with E-state index in [4.69, 9.17) is 17.0 Å². The molecular weight excluding hydrogens is 299 g/mol. The molecule has 0 bridgehead atoms. The van der Waals surface area contributed by atoms with Crippen molar-refractivity contribution in [2.24, 2.45) is 0 Å². The van der Waals surface area contributed by atoms with Crippen molar-refractivity contribution in [3.63, 3.8) is 0 Å². The van der Waals surface area contributed by atoms with Crippen molar-refractivity contribution < 1.29 is 4.39 Å². The molecule has 22 heavy (non-hydrogen) atoms. The number of hydrogen-bond donors (Lipinski definition) is 1. The Kier molecular flexibility index (Phi) is 5.19. The summed E-state index contributed by atoms with van der Waals surface area (Å²) in [6, 6.07) is 10.4. The minimum atomic E-state index is -0.303. The average molecular weight is 319 g/mol. The number of rotatable bonds is 4. The molecule has 0 aliphatic heterocycles. The molecule has 0 saturated heterocycles. The first kappa shape index (κ1) is 16.5.